The molecule has 2 amide bonds. The van der Waals surface area contributed by atoms with Gasteiger partial charge in [0.1, 0.15) is 6.54 Å². The van der Waals surface area contributed by atoms with Gasteiger partial charge in [-0.2, -0.15) is 0 Å². The van der Waals surface area contributed by atoms with Crippen molar-refractivity contribution in [3.05, 3.63) is 0 Å². The molecule has 1 atom stereocenters. The molecule has 1 fully saturated rings. The molecule has 1 N–H and O–H groups in total. The van der Waals surface area contributed by atoms with Gasteiger partial charge in [0.25, 0.3) is 0 Å². The number of carbonyl (C=O) groups is 3. The molecule has 0 aromatic carbocycles. The minimum Gasteiger partial charge on any atom is -0.481 e. The van der Waals surface area contributed by atoms with E-state index in [1.54, 1.807) is 13.8 Å². The molecule has 0 aliphatic carbocycles. The Balaban J connectivity index is 2.55. The molecule has 0 aromatic heterocycles. The molecule has 1 saturated heterocycles. The maximum absolute atomic E-state index is 12.1. The second-order valence-electron chi connectivity index (χ2n) is 4.37. The predicted octanol–water partition coefficient (Wildman–Crippen LogP) is 0.398. The second-order valence-corrected chi connectivity index (χ2v) is 4.37. The van der Waals surface area contributed by atoms with Crippen LogP contribution >= 0.6 is 0 Å². The third kappa shape index (κ3) is 4.11. The van der Waals surface area contributed by atoms with Gasteiger partial charge in [-0.15, -0.1) is 0 Å². The monoisotopic (exact) mass is 272 g/mol. The number of likely N-dealkylation sites (tertiary alicyclic amines) is 1. The van der Waals surface area contributed by atoms with Crippen LogP contribution in [0.1, 0.15) is 20.3 Å². The Bertz CT molecular complexity index is 358. The molecule has 0 saturated carbocycles. The SMILES string of the molecule is CCOC(=O)CN(CC)C(=O)N1CCC(C(=O)O)C1. The number of hydrogen-bond donors (Lipinski definition) is 1. The smallest absolute Gasteiger partial charge is 0.325 e. The molecular formula is C12H20N2O5. The number of rotatable bonds is 5. The Morgan fingerprint density at radius 3 is 2.53 bits per heavy atom. The Kier molecular flexibility index (Phi) is 5.59. The lowest BCUT2D eigenvalue weighted by molar-refractivity contribution is -0.144. The number of likely N-dealkylation sites (N-methyl/N-ethyl adjacent to an activating group) is 1. The summed E-state index contributed by atoms with van der Waals surface area (Å²) in [7, 11) is 0. The third-order valence-corrected chi connectivity index (χ3v) is 3.09. The van der Waals surface area contributed by atoms with E-state index in [4.69, 9.17) is 9.84 Å². The van der Waals surface area contributed by atoms with Crippen LogP contribution in [0.2, 0.25) is 0 Å². The molecule has 0 aromatic rings. The van der Waals surface area contributed by atoms with E-state index >= 15 is 0 Å². The quantitative estimate of drug-likeness (QED) is 0.732. The highest BCUT2D eigenvalue weighted by Gasteiger charge is 2.33. The lowest BCUT2D eigenvalue weighted by atomic mass is 10.1. The number of urea groups is 1. The zero-order chi connectivity index (χ0) is 14.4. The summed E-state index contributed by atoms with van der Waals surface area (Å²) in [6, 6.07) is -0.306. The number of esters is 1. The van der Waals surface area contributed by atoms with Crippen LogP contribution in [0.3, 0.4) is 0 Å². The maximum Gasteiger partial charge on any atom is 0.325 e. The lowest BCUT2D eigenvalue weighted by Gasteiger charge is -2.26. The van der Waals surface area contributed by atoms with Crippen LogP contribution in [0.4, 0.5) is 4.79 Å². The number of nitrogens with zero attached hydrogens (tertiary/aromatic N) is 2. The molecule has 1 rings (SSSR count). The van der Waals surface area contributed by atoms with Crippen molar-refractivity contribution in [2.24, 2.45) is 5.92 Å². The first-order chi connectivity index (χ1) is 8.99. The summed E-state index contributed by atoms with van der Waals surface area (Å²) in [6.07, 6.45) is 0.456. The standard InChI is InChI=1S/C12H20N2O5/c1-3-13(8-10(15)19-4-2)12(18)14-6-5-9(7-14)11(16)17/h9H,3-8H2,1-2H3,(H,16,17). The van der Waals surface area contributed by atoms with Crippen LogP contribution in [0, 0.1) is 5.92 Å². The first-order valence-electron chi connectivity index (χ1n) is 6.41. The molecule has 0 radical (unpaired) electrons. The van der Waals surface area contributed by atoms with Gasteiger partial charge in [0.15, 0.2) is 0 Å². The van der Waals surface area contributed by atoms with E-state index in [2.05, 4.69) is 0 Å². The summed E-state index contributed by atoms with van der Waals surface area (Å²) in [5, 5.41) is 8.90. The van der Waals surface area contributed by atoms with Crippen molar-refractivity contribution in [2.75, 3.05) is 32.8 Å². The van der Waals surface area contributed by atoms with Crippen LogP contribution in [0.5, 0.6) is 0 Å². The number of ether oxygens (including phenoxy) is 1. The number of amides is 2. The Labute approximate surface area is 112 Å². The van der Waals surface area contributed by atoms with Gasteiger partial charge in [0, 0.05) is 19.6 Å². The molecule has 1 aliphatic rings. The lowest BCUT2D eigenvalue weighted by Crippen LogP contribution is -2.44. The number of carboxylic acid groups (broad SMARTS) is 1. The summed E-state index contributed by atoms with van der Waals surface area (Å²) >= 11 is 0. The summed E-state index contributed by atoms with van der Waals surface area (Å²) in [5.41, 5.74) is 0. The highest BCUT2D eigenvalue weighted by molar-refractivity contribution is 5.82. The van der Waals surface area contributed by atoms with Gasteiger partial charge in [0.05, 0.1) is 12.5 Å². The third-order valence-electron chi connectivity index (χ3n) is 3.09. The van der Waals surface area contributed by atoms with E-state index in [0.29, 0.717) is 19.5 Å². The molecule has 1 aliphatic heterocycles. The first kappa shape index (κ1) is 15.3. The van der Waals surface area contributed by atoms with Crippen LogP contribution < -0.4 is 0 Å². The van der Waals surface area contributed by atoms with Crippen LogP contribution in [-0.2, 0) is 14.3 Å². The molecule has 0 spiro atoms. The largest absolute Gasteiger partial charge is 0.481 e. The normalized spacial score (nSPS) is 18.2. The van der Waals surface area contributed by atoms with Gasteiger partial charge in [-0.05, 0) is 20.3 Å². The number of aliphatic carboxylic acids is 1. The van der Waals surface area contributed by atoms with Crippen molar-refractivity contribution in [1.82, 2.24) is 9.80 Å². The summed E-state index contributed by atoms with van der Waals surface area (Å²) in [4.78, 5) is 37.2. The van der Waals surface area contributed by atoms with Gasteiger partial charge in [-0.3, -0.25) is 9.59 Å². The summed E-state index contributed by atoms with van der Waals surface area (Å²) in [5.74, 6) is -1.85. The van der Waals surface area contributed by atoms with Crippen LogP contribution in [0.15, 0.2) is 0 Å². The average molecular weight is 272 g/mol. The number of carboxylic acids is 1. The highest BCUT2D eigenvalue weighted by atomic mass is 16.5. The fourth-order valence-electron chi connectivity index (χ4n) is 2.01. The van der Waals surface area contributed by atoms with E-state index in [0.717, 1.165) is 0 Å². The van der Waals surface area contributed by atoms with E-state index in [1.165, 1.54) is 9.80 Å². The van der Waals surface area contributed by atoms with Crippen molar-refractivity contribution in [3.8, 4) is 0 Å². The molecule has 108 valence electrons. The number of hydrogen-bond acceptors (Lipinski definition) is 4. The maximum atomic E-state index is 12.1. The van der Waals surface area contributed by atoms with Crippen molar-refractivity contribution < 1.29 is 24.2 Å². The minimum atomic E-state index is -0.885. The van der Waals surface area contributed by atoms with Gasteiger partial charge in [0.2, 0.25) is 0 Å². The van der Waals surface area contributed by atoms with E-state index in [9.17, 15) is 14.4 Å². The fraction of sp³-hybridized carbons (Fsp3) is 0.750. The molecule has 7 heteroatoms. The molecule has 1 heterocycles. The van der Waals surface area contributed by atoms with Crippen molar-refractivity contribution in [1.29, 1.82) is 0 Å². The Morgan fingerprint density at radius 1 is 1.37 bits per heavy atom. The Hall–Kier alpha value is -1.79. The molecule has 7 nitrogen and oxygen atoms in total. The van der Waals surface area contributed by atoms with Gasteiger partial charge in [-0.25, -0.2) is 4.79 Å². The van der Waals surface area contributed by atoms with Crippen LogP contribution in [0.25, 0.3) is 0 Å². The predicted molar refractivity (Wildman–Crippen MR) is 66.6 cm³/mol. The van der Waals surface area contributed by atoms with E-state index in [-0.39, 0.29) is 25.7 Å². The molecule has 0 bridgehead atoms. The zero-order valence-electron chi connectivity index (χ0n) is 11.3. The fourth-order valence-corrected chi connectivity index (χ4v) is 2.01. The number of carbonyl (C=O) groups excluding carboxylic acids is 2. The van der Waals surface area contributed by atoms with Crippen molar-refractivity contribution in [3.63, 3.8) is 0 Å². The molecular weight excluding hydrogens is 252 g/mol. The summed E-state index contributed by atoms with van der Waals surface area (Å²) < 4.78 is 4.80. The zero-order valence-corrected chi connectivity index (χ0v) is 11.3. The van der Waals surface area contributed by atoms with Gasteiger partial charge < -0.3 is 19.6 Å². The Morgan fingerprint density at radius 2 is 2.05 bits per heavy atom. The van der Waals surface area contributed by atoms with Crippen molar-refractivity contribution in [2.45, 2.75) is 20.3 Å². The van der Waals surface area contributed by atoms with Gasteiger partial charge in [-0.1, -0.05) is 0 Å². The second kappa shape index (κ2) is 6.96. The average Bonchev–Trinajstić information content (AvgIpc) is 2.85. The minimum absolute atomic E-state index is 0.0998. The van der Waals surface area contributed by atoms with E-state index in [1.807, 2.05) is 0 Å². The van der Waals surface area contributed by atoms with Crippen LogP contribution in [-0.4, -0.2) is 65.7 Å². The molecule has 19 heavy (non-hydrogen) atoms. The topological polar surface area (TPSA) is 87.2 Å². The van der Waals surface area contributed by atoms with Crippen molar-refractivity contribution >= 4 is 18.0 Å². The molecule has 1 unspecified atom stereocenters. The summed E-state index contributed by atoms with van der Waals surface area (Å²) in [6.45, 7) is 4.64. The highest BCUT2D eigenvalue weighted by Crippen LogP contribution is 2.17. The van der Waals surface area contributed by atoms with Gasteiger partial charge >= 0.3 is 18.0 Å². The van der Waals surface area contributed by atoms with E-state index < -0.39 is 17.9 Å². The first-order valence-corrected chi connectivity index (χ1v) is 6.41.